The Morgan fingerprint density at radius 1 is 1.08 bits per heavy atom. The molecule has 0 radical (unpaired) electrons. The van der Waals surface area contributed by atoms with Crippen LogP contribution >= 0.6 is 37.2 Å². The van der Waals surface area contributed by atoms with Crippen LogP contribution in [0, 0.1) is 40.4 Å². The Bertz CT molecular complexity index is 142. The number of rotatable bonds is 2. The standard InChI is InChI=1S/C4H5NO3.3ClH.K.Sm.H/c5-3(6)1-2-4(7)8;;;;;;/h1-2H,(H2,5,6)(H,7,8);3*1H;;;/b2-1-;;;;;;. The predicted molar refractivity (Wildman–Crippen MR) is 54.9 cm³/mol. The van der Waals surface area contributed by atoms with Gasteiger partial charge >= 0.3 is 57.4 Å². The van der Waals surface area contributed by atoms with Gasteiger partial charge < -0.3 is 10.8 Å². The summed E-state index contributed by atoms with van der Waals surface area (Å²) in [6.07, 6.45) is 1.46. The average Bonchev–Trinajstić information content (AvgIpc) is 1.61. The maximum atomic E-state index is 9.78. The van der Waals surface area contributed by atoms with Gasteiger partial charge in [0.2, 0.25) is 5.91 Å². The van der Waals surface area contributed by atoms with E-state index in [-0.39, 0.29) is 129 Å². The predicted octanol–water partition coefficient (Wildman–Crippen LogP) is -0.271. The van der Waals surface area contributed by atoms with Crippen molar-refractivity contribution in [2.45, 2.75) is 0 Å². The number of hydrogen-bond acceptors (Lipinski definition) is 2. The molecule has 3 N–H and O–H groups in total. The van der Waals surface area contributed by atoms with Crippen LogP contribution in [-0.4, -0.2) is 68.4 Å². The fourth-order valence-electron chi connectivity index (χ4n) is 0.153. The summed E-state index contributed by atoms with van der Waals surface area (Å²) in [4.78, 5) is 19.4. The molecule has 1 amide bonds. The maximum Gasteiger partial charge on any atom is 0 e. The summed E-state index contributed by atoms with van der Waals surface area (Å²) >= 11 is 0. The summed E-state index contributed by atoms with van der Waals surface area (Å²) < 4.78 is 0. The van der Waals surface area contributed by atoms with Gasteiger partial charge in [0.05, 0.1) is 0 Å². The number of carbonyl (C=O) groups excluding carboxylic acids is 1. The Labute approximate surface area is 170 Å². The molecule has 0 spiro atoms. The minimum atomic E-state index is -1.18. The third-order valence-corrected chi connectivity index (χ3v) is 0.390. The number of carboxylic acids is 1. The van der Waals surface area contributed by atoms with E-state index in [2.05, 4.69) is 5.73 Å². The molecular formula is C4H9Cl3KNO3Sm. The van der Waals surface area contributed by atoms with E-state index < -0.39 is 11.9 Å². The number of primary amides is 1. The molecule has 0 aliphatic carbocycles. The summed E-state index contributed by atoms with van der Waals surface area (Å²) in [5.41, 5.74) is 4.55. The van der Waals surface area contributed by atoms with Gasteiger partial charge in [0, 0.05) is 52.5 Å². The van der Waals surface area contributed by atoms with Gasteiger partial charge in [0.15, 0.2) is 0 Å². The molecule has 0 saturated carbocycles. The molecule has 0 aromatic rings. The van der Waals surface area contributed by atoms with Crippen LogP contribution < -0.4 is 5.73 Å². The van der Waals surface area contributed by atoms with Gasteiger partial charge in [0.25, 0.3) is 0 Å². The molecule has 0 atom stereocenters. The summed E-state index contributed by atoms with van der Waals surface area (Å²) in [6.45, 7) is 0. The van der Waals surface area contributed by atoms with Gasteiger partial charge in [-0.2, -0.15) is 0 Å². The van der Waals surface area contributed by atoms with Crippen LogP contribution in [0.5, 0.6) is 0 Å². The Morgan fingerprint density at radius 2 is 1.38 bits per heavy atom. The van der Waals surface area contributed by atoms with Crippen LogP contribution in [0.3, 0.4) is 0 Å². The van der Waals surface area contributed by atoms with Crippen LogP contribution in [0.2, 0.25) is 0 Å². The van der Waals surface area contributed by atoms with Gasteiger partial charge in [0.1, 0.15) is 0 Å². The van der Waals surface area contributed by atoms with E-state index in [0.717, 1.165) is 6.08 Å². The van der Waals surface area contributed by atoms with E-state index in [1.807, 2.05) is 0 Å². The van der Waals surface area contributed by atoms with E-state index in [1.54, 1.807) is 0 Å². The summed E-state index contributed by atoms with van der Waals surface area (Å²) in [7, 11) is 0. The van der Waals surface area contributed by atoms with Gasteiger partial charge in [-0.1, -0.05) is 0 Å². The largest absolute Gasteiger partial charge is 0 e. The first-order valence-corrected chi connectivity index (χ1v) is 1.83. The van der Waals surface area contributed by atoms with Crippen molar-refractivity contribution in [2.24, 2.45) is 5.73 Å². The van der Waals surface area contributed by atoms with Crippen molar-refractivity contribution in [3.63, 3.8) is 0 Å². The zero-order chi connectivity index (χ0) is 6.57. The maximum absolute atomic E-state index is 9.78. The van der Waals surface area contributed by atoms with Crippen LogP contribution in [-0.2, 0) is 9.59 Å². The molecule has 0 aromatic heterocycles. The molecule has 0 saturated heterocycles. The monoisotopic (exact) mass is 415 g/mol. The van der Waals surface area contributed by atoms with Crippen LogP contribution in [0.25, 0.3) is 0 Å². The first-order chi connectivity index (χ1) is 3.63. The molecule has 0 aliphatic heterocycles. The molecular weight excluding hydrogens is 406 g/mol. The normalized spacial score (nSPS) is 5.85. The third-order valence-electron chi connectivity index (χ3n) is 0.390. The van der Waals surface area contributed by atoms with Crippen molar-refractivity contribution < 1.29 is 55.1 Å². The molecule has 0 bridgehead atoms. The number of carboxylic acid groups (broad SMARTS) is 1. The summed E-state index contributed by atoms with van der Waals surface area (Å²) in [6, 6.07) is 0. The molecule has 9 heteroatoms. The second-order valence-electron chi connectivity index (χ2n) is 1.07. The van der Waals surface area contributed by atoms with Crippen LogP contribution in [0.4, 0.5) is 0 Å². The van der Waals surface area contributed by atoms with E-state index in [0.29, 0.717) is 6.08 Å². The molecule has 0 rings (SSSR count). The van der Waals surface area contributed by atoms with Crippen molar-refractivity contribution in [2.75, 3.05) is 0 Å². The van der Waals surface area contributed by atoms with E-state index in [1.165, 1.54) is 0 Å². The fraction of sp³-hybridized carbons (Fsp3) is 0. The smallest absolute Gasteiger partial charge is 0 e. The molecule has 4 nitrogen and oxygen atoms in total. The SMILES string of the molecule is Cl.Cl.Cl.NC(=O)/C=C\C(=O)O.[KH].[Sm]. The fourth-order valence-corrected chi connectivity index (χ4v) is 0.153. The molecule has 0 aromatic carbocycles. The third kappa shape index (κ3) is 40.2. The Hall–Kier alpha value is 2.52. The number of amides is 1. The number of nitrogens with two attached hydrogens (primary N) is 1. The zero-order valence-electron chi connectivity index (χ0n) is 5.63. The zero-order valence-corrected chi connectivity index (χ0v) is 10.7. The second kappa shape index (κ2) is 24.0. The number of aliphatic carboxylic acids is 1. The average molecular weight is 415 g/mol. The first-order valence-electron chi connectivity index (χ1n) is 1.83. The molecule has 0 aliphatic rings. The Morgan fingerprint density at radius 3 is 1.46 bits per heavy atom. The minimum Gasteiger partial charge on any atom is 0 e. The number of halogens is 3. The molecule has 13 heavy (non-hydrogen) atoms. The molecule has 76 valence electrons. The Balaban J connectivity index is -0.0000000245. The summed E-state index contributed by atoms with van der Waals surface area (Å²) in [5.74, 6) is -1.93. The van der Waals surface area contributed by atoms with Crippen molar-refractivity contribution in [1.82, 2.24) is 0 Å². The van der Waals surface area contributed by atoms with Crippen molar-refractivity contribution in [3.05, 3.63) is 12.2 Å². The summed E-state index contributed by atoms with van der Waals surface area (Å²) in [5, 5.41) is 7.87. The van der Waals surface area contributed by atoms with Gasteiger partial charge in [-0.3, -0.25) is 4.79 Å². The quantitative estimate of drug-likeness (QED) is 0.482. The van der Waals surface area contributed by atoms with Crippen LogP contribution in [0.1, 0.15) is 0 Å². The van der Waals surface area contributed by atoms with Crippen LogP contribution in [0.15, 0.2) is 12.2 Å². The van der Waals surface area contributed by atoms with Crippen molar-refractivity contribution >= 4 is 100 Å². The topological polar surface area (TPSA) is 80.4 Å². The Kier molecular flexibility index (Phi) is 66.6. The molecule has 0 heterocycles. The second-order valence-corrected chi connectivity index (χ2v) is 1.07. The van der Waals surface area contributed by atoms with Crippen molar-refractivity contribution in [1.29, 1.82) is 0 Å². The van der Waals surface area contributed by atoms with Gasteiger partial charge in [-0.05, 0) is 0 Å². The van der Waals surface area contributed by atoms with E-state index in [9.17, 15) is 9.59 Å². The number of carbonyl (C=O) groups is 2. The van der Waals surface area contributed by atoms with E-state index >= 15 is 0 Å². The van der Waals surface area contributed by atoms with Gasteiger partial charge in [-0.25, -0.2) is 4.79 Å². The minimum absolute atomic E-state index is 0. The van der Waals surface area contributed by atoms with Crippen molar-refractivity contribution in [3.8, 4) is 0 Å². The number of hydrogen-bond donors (Lipinski definition) is 2. The van der Waals surface area contributed by atoms with E-state index in [4.69, 9.17) is 5.11 Å². The molecule has 0 fully saturated rings. The molecule has 0 unspecified atom stereocenters. The van der Waals surface area contributed by atoms with Gasteiger partial charge in [-0.15, -0.1) is 37.2 Å². The first kappa shape index (κ1) is 36.1.